The average Bonchev–Trinajstić information content (AvgIpc) is 2.19. The molecular formula is C11H11BrFNO3. The molecule has 0 aromatic heterocycles. The van der Waals surface area contributed by atoms with Gasteiger partial charge < -0.3 is 10.4 Å². The van der Waals surface area contributed by atoms with Crippen molar-refractivity contribution in [2.24, 2.45) is 0 Å². The number of carbonyl (C=O) groups is 2. The maximum Gasteiger partial charge on any atom is 0.305 e. The topological polar surface area (TPSA) is 66.4 Å². The summed E-state index contributed by atoms with van der Waals surface area (Å²) in [6.45, 7) is 1.25. The van der Waals surface area contributed by atoms with E-state index in [4.69, 9.17) is 5.11 Å². The maximum atomic E-state index is 13.6. The highest BCUT2D eigenvalue weighted by Gasteiger charge is 2.20. The number of amides is 1. The summed E-state index contributed by atoms with van der Waals surface area (Å²) in [7, 11) is 0. The second kappa shape index (κ2) is 5.77. The van der Waals surface area contributed by atoms with Crippen LogP contribution in [0.3, 0.4) is 0 Å². The number of carboxylic acid groups (broad SMARTS) is 1. The van der Waals surface area contributed by atoms with Crippen molar-refractivity contribution in [1.29, 1.82) is 0 Å². The van der Waals surface area contributed by atoms with Crippen LogP contribution >= 0.6 is 15.9 Å². The number of halogens is 2. The van der Waals surface area contributed by atoms with Gasteiger partial charge in [0.25, 0.3) is 0 Å². The molecule has 0 aliphatic carbocycles. The Bertz CT molecular complexity index is 434. The van der Waals surface area contributed by atoms with Crippen molar-refractivity contribution < 1.29 is 19.1 Å². The smallest absolute Gasteiger partial charge is 0.305 e. The van der Waals surface area contributed by atoms with Crippen LogP contribution in [0.15, 0.2) is 22.7 Å². The lowest BCUT2D eigenvalue weighted by molar-refractivity contribution is -0.137. The zero-order valence-corrected chi connectivity index (χ0v) is 10.6. The van der Waals surface area contributed by atoms with E-state index in [2.05, 4.69) is 21.2 Å². The maximum absolute atomic E-state index is 13.6. The molecule has 0 bridgehead atoms. The Morgan fingerprint density at radius 3 is 2.71 bits per heavy atom. The Labute approximate surface area is 106 Å². The lowest BCUT2D eigenvalue weighted by Gasteiger charge is -2.17. The molecule has 1 rings (SSSR count). The SMILES string of the molecule is CC(=O)N[C@H](CC(=O)O)c1cc(Br)ccc1F. The normalized spacial score (nSPS) is 11.9. The van der Waals surface area contributed by atoms with Crippen LogP contribution in [-0.2, 0) is 9.59 Å². The Kier molecular flexibility index (Phi) is 4.62. The van der Waals surface area contributed by atoms with Gasteiger partial charge in [-0.25, -0.2) is 4.39 Å². The van der Waals surface area contributed by atoms with Gasteiger partial charge in [-0.2, -0.15) is 0 Å². The van der Waals surface area contributed by atoms with E-state index >= 15 is 0 Å². The molecule has 17 heavy (non-hydrogen) atoms. The first-order valence-corrected chi connectivity index (χ1v) is 5.63. The highest BCUT2D eigenvalue weighted by molar-refractivity contribution is 9.10. The minimum Gasteiger partial charge on any atom is -0.481 e. The molecule has 1 aromatic carbocycles. The monoisotopic (exact) mass is 303 g/mol. The third-order valence-electron chi connectivity index (χ3n) is 2.09. The van der Waals surface area contributed by atoms with E-state index in [9.17, 15) is 14.0 Å². The van der Waals surface area contributed by atoms with E-state index in [1.165, 1.54) is 25.1 Å². The first-order valence-electron chi connectivity index (χ1n) is 4.84. The van der Waals surface area contributed by atoms with Crippen LogP contribution in [-0.4, -0.2) is 17.0 Å². The zero-order chi connectivity index (χ0) is 13.0. The summed E-state index contributed by atoms with van der Waals surface area (Å²) in [6, 6.07) is 3.31. The summed E-state index contributed by atoms with van der Waals surface area (Å²) in [5, 5.41) is 11.1. The summed E-state index contributed by atoms with van der Waals surface area (Å²) in [5.41, 5.74) is 0.150. The fourth-order valence-electron chi connectivity index (χ4n) is 1.44. The quantitative estimate of drug-likeness (QED) is 0.896. The predicted octanol–water partition coefficient (Wildman–Crippen LogP) is 2.24. The van der Waals surface area contributed by atoms with Gasteiger partial charge in [-0.1, -0.05) is 15.9 Å². The van der Waals surface area contributed by atoms with Crippen molar-refractivity contribution in [3.8, 4) is 0 Å². The standard InChI is InChI=1S/C11H11BrFNO3/c1-6(15)14-10(5-11(16)17)8-4-7(12)2-3-9(8)13/h2-4,10H,5H2,1H3,(H,14,15)(H,16,17)/t10-/m1/s1. The Balaban J connectivity index is 3.06. The van der Waals surface area contributed by atoms with Gasteiger partial charge in [-0.05, 0) is 18.2 Å². The molecule has 1 aromatic rings. The summed E-state index contributed by atoms with van der Waals surface area (Å²) in [6.07, 6.45) is -0.368. The van der Waals surface area contributed by atoms with Gasteiger partial charge in [0, 0.05) is 17.0 Å². The lowest BCUT2D eigenvalue weighted by atomic mass is 10.0. The van der Waals surface area contributed by atoms with Crippen LogP contribution in [0.4, 0.5) is 4.39 Å². The molecule has 0 unspecified atom stereocenters. The minimum atomic E-state index is -1.11. The molecular weight excluding hydrogens is 293 g/mol. The van der Waals surface area contributed by atoms with E-state index in [1.807, 2.05) is 0 Å². The summed E-state index contributed by atoms with van der Waals surface area (Å²) < 4.78 is 14.2. The van der Waals surface area contributed by atoms with Crippen LogP contribution in [0.5, 0.6) is 0 Å². The number of carboxylic acids is 1. The van der Waals surface area contributed by atoms with E-state index in [0.29, 0.717) is 4.47 Å². The van der Waals surface area contributed by atoms with Crippen LogP contribution in [0.25, 0.3) is 0 Å². The molecule has 4 nitrogen and oxygen atoms in total. The van der Waals surface area contributed by atoms with Crippen molar-refractivity contribution >= 4 is 27.8 Å². The minimum absolute atomic E-state index is 0.150. The Hall–Kier alpha value is -1.43. The van der Waals surface area contributed by atoms with Crippen molar-refractivity contribution in [2.75, 3.05) is 0 Å². The molecule has 92 valence electrons. The van der Waals surface area contributed by atoms with Gasteiger partial charge in [0.1, 0.15) is 5.82 Å². The van der Waals surface area contributed by atoms with E-state index in [-0.39, 0.29) is 12.0 Å². The van der Waals surface area contributed by atoms with E-state index < -0.39 is 23.7 Å². The largest absolute Gasteiger partial charge is 0.481 e. The fourth-order valence-corrected chi connectivity index (χ4v) is 1.82. The highest BCUT2D eigenvalue weighted by Crippen LogP contribution is 2.24. The molecule has 0 saturated carbocycles. The van der Waals surface area contributed by atoms with Gasteiger partial charge in [-0.15, -0.1) is 0 Å². The first-order chi connectivity index (χ1) is 7.90. The average molecular weight is 304 g/mol. The number of hydrogen-bond acceptors (Lipinski definition) is 2. The van der Waals surface area contributed by atoms with Crippen molar-refractivity contribution in [3.05, 3.63) is 34.1 Å². The second-order valence-corrected chi connectivity index (χ2v) is 4.43. The molecule has 0 fully saturated rings. The summed E-state index contributed by atoms with van der Waals surface area (Å²) in [4.78, 5) is 21.6. The van der Waals surface area contributed by atoms with Crippen LogP contribution in [0.1, 0.15) is 24.9 Å². The zero-order valence-electron chi connectivity index (χ0n) is 9.04. The number of aliphatic carboxylic acids is 1. The van der Waals surface area contributed by atoms with Gasteiger partial charge in [0.2, 0.25) is 5.91 Å². The molecule has 0 heterocycles. The number of hydrogen-bond donors (Lipinski definition) is 2. The molecule has 1 amide bonds. The van der Waals surface area contributed by atoms with Crippen molar-refractivity contribution in [1.82, 2.24) is 5.32 Å². The highest BCUT2D eigenvalue weighted by atomic mass is 79.9. The third kappa shape index (κ3) is 4.14. The van der Waals surface area contributed by atoms with Gasteiger partial charge in [0.05, 0.1) is 12.5 Å². The number of carbonyl (C=O) groups excluding carboxylic acids is 1. The summed E-state index contributed by atoms with van der Waals surface area (Å²) in [5.74, 6) is -2.06. The van der Waals surface area contributed by atoms with Gasteiger partial charge in [-0.3, -0.25) is 9.59 Å². The lowest BCUT2D eigenvalue weighted by Crippen LogP contribution is -2.28. The Morgan fingerprint density at radius 1 is 1.53 bits per heavy atom. The van der Waals surface area contributed by atoms with Gasteiger partial charge in [0.15, 0.2) is 0 Å². The molecule has 0 aliphatic rings. The number of rotatable bonds is 4. The molecule has 1 atom stereocenters. The van der Waals surface area contributed by atoms with Crippen molar-refractivity contribution in [2.45, 2.75) is 19.4 Å². The van der Waals surface area contributed by atoms with E-state index in [0.717, 1.165) is 0 Å². The van der Waals surface area contributed by atoms with Crippen molar-refractivity contribution in [3.63, 3.8) is 0 Å². The summed E-state index contributed by atoms with van der Waals surface area (Å²) >= 11 is 3.17. The Morgan fingerprint density at radius 2 is 2.18 bits per heavy atom. The van der Waals surface area contributed by atoms with Crippen LogP contribution in [0, 0.1) is 5.82 Å². The number of nitrogens with one attached hydrogen (secondary N) is 1. The van der Waals surface area contributed by atoms with E-state index in [1.54, 1.807) is 0 Å². The molecule has 0 aliphatic heterocycles. The molecule has 2 N–H and O–H groups in total. The van der Waals surface area contributed by atoms with Crippen LogP contribution < -0.4 is 5.32 Å². The van der Waals surface area contributed by atoms with Crippen LogP contribution in [0.2, 0.25) is 0 Å². The third-order valence-corrected chi connectivity index (χ3v) is 2.58. The first kappa shape index (κ1) is 13.6. The molecule has 0 spiro atoms. The fraction of sp³-hybridized carbons (Fsp3) is 0.273. The predicted molar refractivity (Wildman–Crippen MR) is 62.9 cm³/mol. The number of benzene rings is 1. The molecule has 0 saturated heterocycles. The second-order valence-electron chi connectivity index (χ2n) is 3.52. The van der Waals surface area contributed by atoms with Gasteiger partial charge >= 0.3 is 5.97 Å². The molecule has 6 heteroatoms. The molecule has 0 radical (unpaired) electrons.